The second-order valence-corrected chi connectivity index (χ2v) is 3.91. The van der Waals surface area contributed by atoms with Gasteiger partial charge in [0.2, 0.25) is 0 Å². The van der Waals surface area contributed by atoms with Gasteiger partial charge in [0.25, 0.3) is 0 Å². The van der Waals surface area contributed by atoms with Crippen LogP contribution >= 0.6 is 0 Å². The van der Waals surface area contributed by atoms with Gasteiger partial charge in [-0.3, -0.25) is 9.69 Å². The minimum atomic E-state index is -1.01. The summed E-state index contributed by atoms with van der Waals surface area (Å²) in [5, 5.41) is 8.51. The van der Waals surface area contributed by atoms with Gasteiger partial charge in [-0.25, -0.2) is 4.79 Å². The molecule has 1 rings (SSSR count). The van der Waals surface area contributed by atoms with Crippen molar-refractivity contribution >= 4 is 12.1 Å². The van der Waals surface area contributed by atoms with Crippen molar-refractivity contribution in [3.8, 4) is 0 Å². The number of carbonyl (C=O) groups excluding carboxylic acids is 1. The average molecular weight is 201 g/mol. The lowest BCUT2D eigenvalue weighted by molar-refractivity contribution is -0.137. The van der Waals surface area contributed by atoms with Crippen LogP contribution in [-0.4, -0.2) is 41.3 Å². The maximum Gasteiger partial charge on any atom is 0.410 e. The van der Waals surface area contributed by atoms with Gasteiger partial charge in [-0.05, 0) is 12.3 Å². The normalized spacial score (nSPS) is 21.5. The number of nitrogens with zero attached hydrogens (tertiary/aromatic N) is 1. The number of hydrogen-bond acceptors (Lipinski definition) is 3. The molecule has 0 aromatic heterocycles. The van der Waals surface area contributed by atoms with Gasteiger partial charge in [-0.2, -0.15) is 0 Å². The number of cyclic esters (lactones) is 1. The molecule has 0 aliphatic carbocycles. The molecular weight excluding hydrogens is 186 g/mol. The smallest absolute Gasteiger partial charge is 0.410 e. The first kappa shape index (κ1) is 10.8. The van der Waals surface area contributed by atoms with E-state index in [1.165, 1.54) is 4.90 Å². The van der Waals surface area contributed by atoms with E-state index >= 15 is 0 Å². The number of ether oxygens (including phenoxy) is 1. The molecule has 1 unspecified atom stereocenters. The number of carbonyl (C=O) groups is 2. The Morgan fingerprint density at radius 2 is 2.36 bits per heavy atom. The van der Waals surface area contributed by atoms with Gasteiger partial charge in [0.15, 0.2) is 0 Å². The molecule has 0 aromatic carbocycles. The molecule has 80 valence electrons. The van der Waals surface area contributed by atoms with Crippen LogP contribution in [0.5, 0.6) is 0 Å². The van der Waals surface area contributed by atoms with Crippen LogP contribution in [0.2, 0.25) is 0 Å². The van der Waals surface area contributed by atoms with Gasteiger partial charge >= 0.3 is 12.1 Å². The quantitative estimate of drug-likeness (QED) is 0.735. The standard InChI is InChI=1S/C9H15NO4/c1-6(2)3-7-4-10(5-8(11)12)9(13)14-7/h6-7H,3-5H2,1-2H3,(H,11,12). The van der Waals surface area contributed by atoms with Gasteiger partial charge in [0.05, 0.1) is 6.54 Å². The summed E-state index contributed by atoms with van der Waals surface area (Å²) in [6.07, 6.45) is 0.113. The molecule has 14 heavy (non-hydrogen) atoms. The Morgan fingerprint density at radius 3 is 2.86 bits per heavy atom. The van der Waals surface area contributed by atoms with Crippen LogP contribution in [0.4, 0.5) is 4.79 Å². The predicted octanol–water partition coefficient (Wildman–Crippen LogP) is 0.938. The lowest BCUT2D eigenvalue weighted by atomic mass is 10.1. The first-order valence-corrected chi connectivity index (χ1v) is 4.66. The molecule has 0 spiro atoms. The molecule has 0 bridgehead atoms. The number of aliphatic carboxylic acids is 1. The van der Waals surface area contributed by atoms with Crippen LogP contribution in [0.1, 0.15) is 20.3 Å². The lowest BCUT2D eigenvalue weighted by Crippen LogP contribution is -2.31. The number of rotatable bonds is 4. The summed E-state index contributed by atoms with van der Waals surface area (Å²) in [7, 11) is 0. The Balaban J connectivity index is 2.43. The second kappa shape index (κ2) is 4.30. The minimum absolute atomic E-state index is 0.151. The molecule has 5 nitrogen and oxygen atoms in total. The van der Waals surface area contributed by atoms with E-state index in [0.29, 0.717) is 12.5 Å². The van der Waals surface area contributed by atoms with Gasteiger partial charge in [-0.15, -0.1) is 0 Å². The topological polar surface area (TPSA) is 66.8 Å². The zero-order valence-electron chi connectivity index (χ0n) is 8.40. The second-order valence-electron chi connectivity index (χ2n) is 3.91. The van der Waals surface area contributed by atoms with Crippen molar-refractivity contribution < 1.29 is 19.4 Å². The first-order valence-electron chi connectivity index (χ1n) is 4.66. The van der Waals surface area contributed by atoms with Crippen molar-refractivity contribution in [2.75, 3.05) is 13.1 Å². The monoisotopic (exact) mass is 201 g/mol. The molecule has 1 amide bonds. The highest BCUT2D eigenvalue weighted by Gasteiger charge is 2.32. The van der Waals surface area contributed by atoms with Crippen molar-refractivity contribution in [1.29, 1.82) is 0 Å². The van der Waals surface area contributed by atoms with Crippen LogP contribution in [-0.2, 0) is 9.53 Å². The van der Waals surface area contributed by atoms with Gasteiger partial charge in [0.1, 0.15) is 12.6 Å². The fraction of sp³-hybridized carbons (Fsp3) is 0.778. The predicted molar refractivity (Wildman–Crippen MR) is 48.9 cm³/mol. The van der Waals surface area contributed by atoms with Crippen LogP contribution in [0.15, 0.2) is 0 Å². The fourth-order valence-electron chi connectivity index (χ4n) is 1.52. The summed E-state index contributed by atoms with van der Waals surface area (Å²) in [5.41, 5.74) is 0. The Morgan fingerprint density at radius 1 is 1.71 bits per heavy atom. The van der Waals surface area contributed by atoms with E-state index in [1.807, 2.05) is 13.8 Å². The summed E-state index contributed by atoms with van der Waals surface area (Å²) in [6, 6.07) is 0. The van der Waals surface area contributed by atoms with Crippen LogP contribution < -0.4 is 0 Å². The minimum Gasteiger partial charge on any atom is -0.480 e. The van der Waals surface area contributed by atoms with Crippen LogP contribution in [0.25, 0.3) is 0 Å². The van der Waals surface area contributed by atoms with Gasteiger partial charge in [-0.1, -0.05) is 13.8 Å². The molecule has 0 radical (unpaired) electrons. The first-order chi connectivity index (χ1) is 6.49. The molecule has 1 atom stereocenters. The zero-order valence-corrected chi connectivity index (χ0v) is 8.40. The highest BCUT2D eigenvalue weighted by atomic mass is 16.6. The SMILES string of the molecule is CC(C)CC1CN(CC(=O)O)C(=O)O1. The number of carboxylic acids is 1. The zero-order chi connectivity index (χ0) is 10.7. The molecule has 0 aromatic rings. The number of hydrogen-bond donors (Lipinski definition) is 1. The number of carboxylic acid groups (broad SMARTS) is 1. The van der Waals surface area contributed by atoms with E-state index in [4.69, 9.17) is 9.84 Å². The molecule has 5 heteroatoms. The third kappa shape index (κ3) is 2.90. The third-order valence-corrected chi connectivity index (χ3v) is 2.01. The molecule has 1 N–H and O–H groups in total. The molecule has 1 heterocycles. The largest absolute Gasteiger partial charge is 0.480 e. The molecular formula is C9H15NO4. The molecule has 0 saturated carbocycles. The van der Waals surface area contributed by atoms with Crippen molar-refractivity contribution in [3.63, 3.8) is 0 Å². The Bertz CT molecular complexity index is 239. The summed E-state index contributed by atoms with van der Waals surface area (Å²) >= 11 is 0. The summed E-state index contributed by atoms with van der Waals surface area (Å²) in [6.45, 7) is 4.19. The third-order valence-electron chi connectivity index (χ3n) is 2.01. The van der Waals surface area contributed by atoms with E-state index < -0.39 is 12.1 Å². The van der Waals surface area contributed by atoms with E-state index in [2.05, 4.69) is 0 Å². The maximum atomic E-state index is 11.1. The van der Waals surface area contributed by atoms with Crippen LogP contribution in [0.3, 0.4) is 0 Å². The summed E-state index contributed by atoms with van der Waals surface area (Å²) < 4.78 is 5.01. The van der Waals surface area contributed by atoms with Crippen molar-refractivity contribution in [1.82, 2.24) is 4.90 Å². The Labute approximate surface area is 82.6 Å². The average Bonchev–Trinajstić information content (AvgIpc) is 2.28. The molecule has 1 aliphatic rings. The lowest BCUT2D eigenvalue weighted by Gasteiger charge is -2.10. The Hall–Kier alpha value is -1.26. The van der Waals surface area contributed by atoms with E-state index in [-0.39, 0.29) is 12.6 Å². The summed E-state index contributed by atoms with van der Waals surface area (Å²) in [5.74, 6) is -0.565. The van der Waals surface area contributed by atoms with Crippen LogP contribution in [0, 0.1) is 5.92 Å². The van der Waals surface area contributed by atoms with E-state index in [1.54, 1.807) is 0 Å². The van der Waals surface area contributed by atoms with E-state index in [9.17, 15) is 9.59 Å². The highest BCUT2D eigenvalue weighted by molar-refractivity contribution is 5.77. The molecule has 1 saturated heterocycles. The van der Waals surface area contributed by atoms with Crippen molar-refractivity contribution in [2.24, 2.45) is 5.92 Å². The summed E-state index contributed by atoms with van der Waals surface area (Å²) in [4.78, 5) is 22.7. The van der Waals surface area contributed by atoms with Crippen molar-refractivity contribution in [2.45, 2.75) is 26.4 Å². The highest BCUT2D eigenvalue weighted by Crippen LogP contribution is 2.17. The maximum absolute atomic E-state index is 11.1. The molecule has 1 aliphatic heterocycles. The Kier molecular flexibility index (Phi) is 3.33. The van der Waals surface area contributed by atoms with E-state index in [0.717, 1.165) is 6.42 Å². The fourth-order valence-corrected chi connectivity index (χ4v) is 1.52. The van der Waals surface area contributed by atoms with Crippen molar-refractivity contribution in [3.05, 3.63) is 0 Å². The number of amides is 1. The van der Waals surface area contributed by atoms with Gasteiger partial charge < -0.3 is 9.84 Å². The molecule has 1 fully saturated rings. The van der Waals surface area contributed by atoms with Gasteiger partial charge in [0, 0.05) is 0 Å².